The van der Waals surface area contributed by atoms with Gasteiger partial charge in [0.1, 0.15) is 40.1 Å². The standard InChI is InChI=1S/C34H31N9O10S2/c1-14-41-33(39-12-37-19-10-21(54(48,49)50)27(35)25-23(19)29(44)15-6-2-4-8-17(15)31(25)46)43-34(42-14)40-13-38-20-11-22(55(51,52)53)28(36)26-24(20)30(45)16-7-3-5-9-18(16)32(26)47/h2-10,22,36-37,45,47-50H,11-13,35H2,1H3,(H,51,52,53)(H2,39,40,41,42,43)/b36-28?,38-20+. The number of carbonyl (C=O) groups is 2. The van der Waals surface area contributed by atoms with E-state index in [0.29, 0.717) is 0 Å². The minimum absolute atomic E-state index is 0.00387. The summed E-state index contributed by atoms with van der Waals surface area (Å²) in [6, 6.07) is 13.3. The van der Waals surface area contributed by atoms with Crippen LogP contribution in [0.25, 0.3) is 10.8 Å². The number of phenolic OH excluding ortho intramolecular Hbond substituents is 2. The Balaban J connectivity index is 1.14. The Labute approximate surface area is 312 Å². The lowest BCUT2D eigenvalue weighted by atomic mass is 9.82. The number of aromatic nitrogens is 3. The molecular weight excluding hydrogens is 759 g/mol. The van der Waals surface area contributed by atoms with E-state index in [-0.39, 0.29) is 92.4 Å². The van der Waals surface area contributed by atoms with Crippen molar-refractivity contribution in [2.24, 2.45) is 4.99 Å². The zero-order chi connectivity index (χ0) is 39.6. The molecule has 7 rings (SSSR count). The third-order valence-corrected chi connectivity index (χ3v) is 11.1. The van der Waals surface area contributed by atoms with Crippen molar-refractivity contribution >= 4 is 78.0 Å². The van der Waals surface area contributed by atoms with Crippen LogP contribution in [-0.4, -0.2) is 93.4 Å². The minimum atomic E-state index is -4.83. The number of benzene rings is 4. The highest BCUT2D eigenvalue weighted by Gasteiger charge is 2.41. The maximum Gasteiger partial charge on any atom is 0.273 e. The smallest absolute Gasteiger partial charge is 0.273 e. The highest BCUT2D eigenvalue weighted by atomic mass is 32.3. The summed E-state index contributed by atoms with van der Waals surface area (Å²) in [5.74, 6) is -1.81. The van der Waals surface area contributed by atoms with E-state index in [4.69, 9.17) is 11.1 Å². The van der Waals surface area contributed by atoms with E-state index in [9.17, 15) is 46.4 Å². The number of aromatic hydroxyl groups is 2. The SMILES string of the molecule is Cc1nc(NC/N=C2\CC(S(=O)(=O)O)C(=N)c3c2c(O)c2ccccc2c3O)nc(NCNc2cc(S(O)(O)O)c(N)c3c2C(=O)c2ccccc2C3=O)n1. The molecule has 1 aromatic heterocycles. The maximum atomic E-state index is 13.6. The topological polar surface area (TPSA) is 327 Å². The lowest BCUT2D eigenvalue weighted by Gasteiger charge is -2.28. The number of hydrogen-bond acceptors (Lipinski definition) is 18. The van der Waals surface area contributed by atoms with E-state index >= 15 is 0 Å². The maximum absolute atomic E-state index is 13.6. The second-order valence-corrected chi connectivity index (χ2v) is 15.5. The number of nitrogens with zero attached hydrogens (tertiary/aromatic N) is 4. The highest BCUT2D eigenvalue weighted by molar-refractivity contribution is 8.19. The van der Waals surface area contributed by atoms with Gasteiger partial charge in [0, 0.05) is 34.0 Å². The molecule has 1 heterocycles. The number of nitrogens with two attached hydrogens (primary N) is 1. The van der Waals surface area contributed by atoms with Crippen molar-refractivity contribution in [3.05, 3.63) is 93.8 Å². The quantitative estimate of drug-likeness (QED) is 0.0426. The number of fused-ring (bicyclic) bond motifs is 4. The van der Waals surface area contributed by atoms with Crippen LogP contribution in [0.2, 0.25) is 0 Å². The van der Waals surface area contributed by atoms with Gasteiger partial charge in [-0.1, -0.05) is 48.5 Å². The van der Waals surface area contributed by atoms with E-state index in [0.717, 1.165) is 6.07 Å². The Kier molecular flexibility index (Phi) is 9.15. The molecule has 19 nitrogen and oxygen atoms in total. The molecule has 4 aromatic carbocycles. The van der Waals surface area contributed by atoms with Crippen LogP contribution in [0.1, 0.15) is 55.2 Å². The molecule has 55 heavy (non-hydrogen) atoms. The van der Waals surface area contributed by atoms with Gasteiger partial charge in [-0.05, 0) is 13.0 Å². The number of carbonyl (C=O) groups excluding carboxylic acids is 2. The van der Waals surface area contributed by atoms with E-state index in [1.165, 1.54) is 24.3 Å². The molecule has 284 valence electrons. The van der Waals surface area contributed by atoms with Gasteiger partial charge in [-0.25, -0.2) is 0 Å². The number of anilines is 4. The van der Waals surface area contributed by atoms with Crippen molar-refractivity contribution in [1.82, 2.24) is 15.0 Å². The summed E-state index contributed by atoms with van der Waals surface area (Å²) in [7, 11) is -9.27. The zero-order valence-corrected chi connectivity index (χ0v) is 30.0. The van der Waals surface area contributed by atoms with Gasteiger partial charge in [0.25, 0.3) is 10.1 Å². The van der Waals surface area contributed by atoms with Gasteiger partial charge in [0.2, 0.25) is 11.9 Å². The summed E-state index contributed by atoms with van der Waals surface area (Å²) >= 11 is 0. The number of ketones is 2. The van der Waals surface area contributed by atoms with Gasteiger partial charge in [-0.3, -0.25) is 19.1 Å². The highest BCUT2D eigenvalue weighted by Crippen LogP contribution is 2.51. The fourth-order valence-electron chi connectivity index (χ4n) is 6.61. The first-order valence-electron chi connectivity index (χ1n) is 16.1. The second kappa shape index (κ2) is 13.6. The molecule has 0 bridgehead atoms. The van der Waals surface area contributed by atoms with Gasteiger partial charge >= 0.3 is 0 Å². The Bertz CT molecular complexity index is 2650. The lowest BCUT2D eigenvalue weighted by molar-refractivity contribution is 0.0980. The van der Waals surface area contributed by atoms with Gasteiger partial charge in [0.15, 0.2) is 11.6 Å². The number of rotatable bonds is 9. The van der Waals surface area contributed by atoms with E-state index in [1.54, 1.807) is 31.2 Å². The number of hydrogen-bond donors (Lipinski definition) is 11. The molecule has 1 unspecified atom stereocenters. The molecule has 21 heteroatoms. The number of nitrogen functional groups attached to an aromatic ring is 1. The molecule has 1 atom stereocenters. The molecule has 2 aliphatic carbocycles. The normalized spacial score (nSPS) is 16.4. The van der Waals surface area contributed by atoms with E-state index < -0.39 is 66.3 Å². The van der Waals surface area contributed by atoms with Crippen LogP contribution in [0.15, 0.2) is 64.5 Å². The fourth-order valence-corrected chi connectivity index (χ4v) is 8.07. The third kappa shape index (κ3) is 6.53. The Morgan fingerprint density at radius 3 is 1.98 bits per heavy atom. The van der Waals surface area contributed by atoms with Crippen molar-refractivity contribution in [3.63, 3.8) is 0 Å². The Hall–Kier alpha value is -6.23. The summed E-state index contributed by atoms with van der Waals surface area (Å²) in [4.78, 5) is 43.6. The summed E-state index contributed by atoms with van der Waals surface area (Å²) in [6.45, 7) is 1.03. The van der Waals surface area contributed by atoms with Crippen molar-refractivity contribution in [3.8, 4) is 11.5 Å². The van der Waals surface area contributed by atoms with Crippen molar-refractivity contribution in [2.45, 2.75) is 23.5 Å². The second-order valence-electron chi connectivity index (χ2n) is 12.4. The van der Waals surface area contributed by atoms with Crippen molar-refractivity contribution in [1.29, 1.82) is 5.41 Å². The number of aliphatic imine (C=N–C) groups is 1. The largest absolute Gasteiger partial charge is 0.507 e. The minimum Gasteiger partial charge on any atom is -0.507 e. The number of phenols is 2. The summed E-state index contributed by atoms with van der Waals surface area (Å²) in [5, 5.41) is 38.0. The molecule has 0 fully saturated rings. The van der Waals surface area contributed by atoms with Gasteiger partial charge < -0.3 is 51.0 Å². The Morgan fingerprint density at radius 2 is 1.38 bits per heavy atom. The molecule has 0 saturated heterocycles. The van der Waals surface area contributed by atoms with Crippen molar-refractivity contribution in [2.75, 3.05) is 35.0 Å². The molecule has 0 radical (unpaired) electrons. The van der Waals surface area contributed by atoms with Crippen LogP contribution in [0.4, 0.5) is 23.3 Å². The summed E-state index contributed by atoms with van der Waals surface area (Å²) in [6.07, 6.45) is -0.492. The monoisotopic (exact) mass is 789 g/mol. The van der Waals surface area contributed by atoms with E-state index in [1.807, 2.05) is 0 Å². The van der Waals surface area contributed by atoms with Crippen molar-refractivity contribution < 1.29 is 46.4 Å². The predicted octanol–water partition coefficient (Wildman–Crippen LogP) is 4.05. The van der Waals surface area contributed by atoms with Gasteiger partial charge in [-0.15, -0.1) is 0 Å². The molecule has 0 spiro atoms. The third-order valence-electron chi connectivity index (χ3n) is 9.05. The molecule has 0 aliphatic heterocycles. The summed E-state index contributed by atoms with van der Waals surface area (Å²) in [5.41, 5.74) is 4.31. The van der Waals surface area contributed by atoms with Crippen LogP contribution >= 0.6 is 10.9 Å². The average molecular weight is 790 g/mol. The van der Waals surface area contributed by atoms with Crippen LogP contribution < -0.4 is 21.7 Å². The lowest BCUT2D eigenvalue weighted by Crippen LogP contribution is -2.38. The van der Waals surface area contributed by atoms with Crippen LogP contribution in [-0.2, 0) is 10.1 Å². The van der Waals surface area contributed by atoms with Crippen LogP contribution in [0.5, 0.6) is 11.5 Å². The molecule has 5 aromatic rings. The zero-order valence-electron chi connectivity index (χ0n) is 28.4. The van der Waals surface area contributed by atoms with Crippen LogP contribution in [0, 0.1) is 12.3 Å². The average Bonchev–Trinajstić information content (AvgIpc) is 3.12. The predicted molar refractivity (Wildman–Crippen MR) is 204 cm³/mol. The fraction of sp³-hybridized carbons (Fsp3) is 0.147. The van der Waals surface area contributed by atoms with Crippen LogP contribution in [0.3, 0.4) is 0 Å². The van der Waals surface area contributed by atoms with E-state index in [2.05, 4.69) is 35.9 Å². The Morgan fingerprint density at radius 1 is 0.818 bits per heavy atom. The molecule has 12 N–H and O–H groups in total. The first-order chi connectivity index (χ1) is 26.0. The molecule has 0 saturated carbocycles. The first kappa shape index (κ1) is 37.1. The van der Waals surface area contributed by atoms with Gasteiger partial charge in [-0.2, -0.15) is 23.4 Å². The first-order valence-corrected chi connectivity index (χ1v) is 19.1. The number of nitrogens with one attached hydrogen (secondary N) is 4. The molecular formula is C34H31N9O10S2. The molecule has 2 aliphatic rings. The summed E-state index contributed by atoms with van der Waals surface area (Å²) < 4.78 is 64.8. The number of aryl methyl sites for hydroxylation is 1. The molecule has 0 amide bonds. The van der Waals surface area contributed by atoms with Gasteiger partial charge in [0.05, 0.1) is 50.9 Å².